The first-order chi connectivity index (χ1) is 12.0. The van der Waals surface area contributed by atoms with Gasteiger partial charge in [0.1, 0.15) is 0 Å². The molecule has 0 saturated carbocycles. The molecule has 0 aromatic rings. The number of fused-ring (bicyclic) bond motifs is 1. The second kappa shape index (κ2) is 9.48. The Morgan fingerprint density at radius 1 is 1.08 bits per heavy atom. The zero-order valence-corrected chi connectivity index (χ0v) is 17.9. The van der Waals surface area contributed by atoms with Gasteiger partial charge in [-0.25, -0.2) is 0 Å². The molecule has 3 aliphatic heterocycles. The van der Waals surface area contributed by atoms with Crippen LogP contribution in [0, 0.1) is 5.92 Å². The molecule has 3 heterocycles. The van der Waals surface area contributed by atoms with Gasteiger partial charge in [0.15, 0.2) is 0 Å². The zero-order valence-electron chi connectivity index (χ0n) is 15.8. The van der Waals surface area contributed by atoms with Crippen molar-refractivity contribution in [1.29, 1.82) is 0 Å². The summed E-state index contributed by atoms with van der Waals surface area (Å²) in [6, 6.07) is 0.612. The smallest absolute Gasteiger partial charge is 0.307 e. The Morgan fingerprint density at radius 2 is 1.77 bits per heavy atom. The topological polar surface area (TPSA) is 63.7 Å². The average molecular weight is 478 g/mol. The number of quaternary nitrogens is 1. The number of amides is 2. The summed E-state index contributed by atoms with van der Waals surface area (Å²) in [7, 11) is 2.35. The molecule has 3 saturated heterocycles. The molecular formula is C19H31IN2O4. The average Bonchev–Trinajstić information content (AvgIpc) is 2.58. The zero-order chi connectivity index (χ0) is 17.9. The van der Waals surface area contributed by atoms with E-state index in [0.717, 1.165) is 10.9 Å². The van der Waals surface area contributed by atoms with Crippen LogP contribution in [0.3, 0.4) is 0 Å². The van der Waals surface area contributed by atoms with E-state index in [1.165, 1.54) is 43.7 Å². The van der Waals surface area contributed by atoms with Gasteiger partial charge in [-0.1, -0.05) is 0 Å². The first kappa shape index (κ1) is 21.6. The predicted molar refractivity (Wildman–Crippen MR) is 92.4 cm³/mol. The van der Waals surface area contributed by atoms with Gasteiger partial charge in [-0.2, -0.15) is 0 Å². The van der Waals surface area contributed by atoms with Crippen LogP contribution in [0.5, 0.6) is 0 Å². The van der Waals surface area contributed by atoms with Crippen molar-refractivity contribution >= 4 is 17.8 Å². The number of carbonyl (C=O) groups is 3. The molecule has 0 aliphatic carbocycles. The van der Waals surface area contributed by atoms with Crippen LogP contribution in [0.1, 0.15) is 57.8 Å². The molecule has 0 radical (unpaired) electrons. The number of hydrogen-bond donors (Lipinski definition) is 0. The Labute approximate surface area is 173 Å². The number of halogens is 1. The Bertz CT molecular complexity index is 522. The highest BCUT2D eigenvalue weighted by Gasteiger charge is 2.43. The Morgan fingerprint density at radius 3 is 2.50 bits per heavy atom. The van der Waals surface area contributed by atoms with Gasteiger partial charge in [-0.05, 0) is 32.1 Å². The van der Waals surface area contributed by atoms with E-state index in [-0.39, 0.29) is 54.7 Å². The van der Waals surface area contributed by atoms with E-state index in [4.69, 9.17) is 4.74 Å². The van der Waals surface area contributed by atoms with Crippen molar-refractivity contribution in [2.24, 2.45) is 5.92 Å². The van der Waals surface area contributed by atoms with Crippen LogP contribution in [0.25, 0.3) is 0 Å². The van der Waals surface area contributed by atoms with Crippen molar-refractivity contribution in [3.63, 3.8) is 0 Å². The number of ether oxygens (including phenoxy) is 1. The summed E-state index contributed by atoms with van der Waals surface area (Å²) in [5.41, 5.74) is 0. The van der Waals surface area contributed by atoms with E-state index >= 15 is 0 Å². The minimum Gasteiger partial charge on any atom is -1.00 e. The van der Waals surface area contributed by atoms with Gasteiger partial charge in [-0.3, -0.25) is 19.3 Å². The fourth-order valence-corrected chi connectivity index (χ4v) is 4.95. The quantitative estimate of drug-likeness (QED) is 0.217. The Hall–Kier alpha value is -0.700. The summed E-state index contributed by atoms with van der Waals surface area (Å²) in [6.45, 7) is 3.14. The number of esters is 1. The molecule has 26 heavy (non-hydrogen) atoms. The third-order valence-electron chi connectivity index (χ3n) is 6.39. The number of likely N-dealkylation sites (tertiary alicyclic amines) is 1. The van der Waals surface area contributed by atoms with Gasteiger partial charge in [0.25, 0.3) is 0 Å². The molecule has 0 N–H and O–H groups in total. The summed E-state index contributed by atoms with van der Waals surface area (Å²) in [5.74, 6) is -0.166. The molecule has 0 spiro atoms. The molecule has 0 aromatic carbocycles. The third kappa shape index (κ3) is 4.97. The van der Waals surface area contributed by atoms with Gasteiger partial charge in [0.2, 0.25) is 11.8 Å². The molecule has 3 rings (SSSR count). The molecule has 3 fully saturated rings. The van der Waals surface area contributed by atoms with Crippen molar-refractivity contribution in [2.75, 3.05) is 33.3 Å². The lowest BCUT2D eigenvalue weighted by Crippen LogP contribution is -3.00. The lowest BCUT2D eigenvalue weighted by atomic mass is 9.82. The van der Waals surface area contributed by atoms with Crippen LogP contribution in [-0.4, -0.2) is 66.5 Å². The predicted octanol–water partition coefficient (Wildman–Crippen LogP) is -1.13. The summed E-state index contributed by atoms with van der Waals surface area (Å²) < 4.78 is 6.68. The van der Waals surface area contributed by atoms with Crippen molar-refractivity contribution < 1.29 is 47.6 Å². The maximum absolute atomic E-state index is 12.1. The van der Waals surface area contributed by atoms with Crippen molar-refractivity contribution in [2.45, 2.75) is 63.8 Å². The maximum atomic E-state index is 12.1. The number of rotatable bonds is 5. The molecule has 7 heteroatoms. The molecule has 3 unspecified atom stereocenters. The molecule has 3 atom stereocenters. The fourth-order valence-electron chi connectivity index (χ4n) is 4.95. The maximum Gasteiger partial charge on any atom is 0.307 e. The first-order valence-corrected chi connectivity index (χ1v) is 9.83. The van der Waals surface area contributed by atoms with Gasteiger partial charge in [0.05, 0.1) is 39.2 Å². The summed E-state index contributed by atoms with van der Waals surface area (Å²) >= 11 is 0. The van der Waals surface area contributed by atoms with Crippen molar-refractivity contribution in [1.82, 2.24) is 4.90 Å². The molecule has 3 aliphatic rings. The van der Waals surface area contributed by atoms with Crippen LogP contribution in [0.2, 0.25) is 0 Å². The first-order valence-electron chi connectivity index (χ1n) is 9.83. The third-order valence-corrected chi connectivity index (χ3v) is 6.39. The van der Waals surface area contributed by atoms with Crippen LogP contribution >= 0.6 is 0 Å². The van der Waals surface area contributed by atoms with Gasteiger partial charge in [0, 0.05) is 31.7 Å². The van der Waals surface area contributed by atoms with Crippen LogP contribution in [0.15, 0.2) is 0 Å². The minimum absolute atomic E-state index is 0. The van der Waals surface area contributed by atoms with E-state index in [0.29, 0.717) is 37.8 Å². The minimum atomic E-state index is -0.290. The van der Waals surface area contributed by atoms with Crippen LogP contribution < -0.4 is 24.0 Å². The highest BCUT2D eigenvalue weighted by atomic mass is 127. The number of imide groups is 1. The molecule has 148 valence electrons. The summed E-state index contributed by atoms with van der Waals surface area (Å²) in [6.07, 6.45) is 7.69. The van der Waals surface area contributed by atoms with Crippen molar-refractivity contribution in [3.8, 4) is 0 Å². The Balaban J connectivity index is 0.00000243. The molecule has 2 amide bonds. The fraction of sp³-hybridized carbons (Fsp3) is 0.842. The SMILES string of the molecule is C[N+]12CCCCC1C(COC(=O)CCN1C(=O)CCCC1=O)CCC2.[I-]. The molecule has 6 nitrogen and oxygen atoms in total. The lowest BCUT2D eigenvalue weighted by Gasteiger charge is -2.51. The second-order valence-electron chi connectivity index (χ2n) is 8.12. The second-order valence-corrected chi connectivity index (χ2v) is 8.12. The van der Waals surface area contributed by atoms with Crippen LogP contribution in [-0.2, 0) is 19.1 Å². The number of hydrogen-bond acceptors (Lipinski definition) is 4. The highest BCUT2D eigenvalue weighted by Crippen LogP contribution is 2.36. The molecule has 0 bridgehead atoms. The molecule has 0 aromatic heterocycles. The van der Waals surface area contributed by atoms with E-state index < -0.39 is 0 Å². The monoisotopic (exact) mass is 478 g/mol. The Kier molecular flexibility index (Phi) is 7.88. The highest BCUT2D eigenvalue weighted by molar-refractivity contribution is 5.97. The van der Waals surface area contributed by atoms with E-state index in [1.807, 2.05) is 0 Å². The lowest BCUT2D eigenvalue weighted by molar-refractivity contribution is -0.947. The van der Waals surface area contributed by atoms with Crippen molar-refractivity contribution in [3.05, 3.63) is 0 Å². The van der Waals surface area contributed by atoms with E-state index in [2.05, 4.69) is 7.05 Å². The normalized spacial score (nSPS) is 31.8. The van der Waals surface area contributed by atoms with Gasteiger partial charge >= 0.3 is 5.97 Å². The van der Waals surface area contributed by atoms with E-state index in [9.17, 15) is 14.4 Å². The standard InChI is InChI=1S/C19H31N2O4.HI/c1-21-12-3-2-7-16(21)15(6-5-13-21)14-25-19(24)10-11-20-17(22)8-4-9-18(20)23;/h15-16H,2-14H2,1H3;1H/q+1;/p-1. The summed E-state index contributed by atoms with van der Waals surface area (Å²) in [5, 5.41) is 0. The number of nitrogens with zero attached hydrogens (tertiary/aromatic N) is 2. The van der Waals surface area contributed by atoms with E-state index in [1.54, 1.807) is 0 Å². The number of piperidine rings is 3. The molecular weight excluding hydrogens is 447 g/mol. The van der Waals surface area contributed by atoms with Gasteiger partial charge in [-0.15, -0.1) is 0 Å². The van der Waals surface area contributed by atoms with Crippen LogP contribution in [0.4, 0.5) is 0 Å². The number of carbonyl (C=O) groups excluding carboxylic acids is 3. The summed E-state index contributed by atoms with van der Waals surface area (Å²) in [4.78, 5) is 36.9. The van der Waals surface area contributed by atoms with Gasteiger partial charge < -0.3 is 33.2 Å². The largest absolute Gasteiger partial charge is 1.00 e.